The SMILES string of the molecule is CCc1ccc(Nc2ccc(-c3sc(C4CCC(NC(=O)OC(C)C)CC4)nc3C(F)(F)F)c(S(=O)(=O)NC(C)(C)C)c2)nn1. The van der Waals surface area contributed by atoms with E-state index >= 15 is 0 Å². The number of sulfonamides is 1. The van der Waals surface area contributed by atoms with Crippen LogP contribution in [0.4, 0.5) is 29.5 Å². The molecular formula is C30H39F3N6O4S2. The number of aromatic nitrogens is 3. The third-order valence-corrected chi connectivity index (χ3v) is 10.0. The molecule has 1 aromatic carbocycles. The molecule has 0 atom stereocenters. The maximum absolute atomic E-state index is 14.4. The third kappa shape index (κ3) is 9.13. The second kappa shape index (κ2) is 13.6. The van der Waals surface area contributed by atoms with Crippen LogP contribution in [-0.2, 0) is 27.4 Å². The summed E-state index contributed by atoms with van der Waals surface area (Å²) >= 11 is 0.854. The highest BCUT2D eigenvalue weighted by atomic mass is 32.2. The number of carbonyl (C=O) groups excluding carboxylic acids is 1. The van der Waals surface area contributed by atoms with Gasteiger partial charge in [0.2, 0.25) is 10.0 Å². The van der Waals surface area contributed by atoms with Crippen molar-refractivity contribution in [3.63, 3.8) is 0 Å². The highest BCUT2D eigenvalue weighted by molar-refractivity contribution is 7.89. The van der Waals surface area contributed by atoms with E-state index in [4.69, 9.17) is 4.74 Å². The van der Waals surface area contributed by atoms with Gasteiger partial charge in [-0.1, -0.05) is 13.0 Å². The molecule has 15 heteroatoms. The van der Waals surface area contributed by atoms with Crippen molar-refractivity contribution in [2.75, 3.05) is 5.32 Å². The minimum atomic E-state index is -4.82. The number of nitrogens with one attached hydrogen (secondary N) is 3. The fraction of sp³-hybridized carbons (Fsp3) is 0.533. The van der Waals surface area contributed by atoms with Crippen LogP contribution < -0.4 is 15.4 Å². The number of carbonyl (C=O) groups is 1. The first kappa shape index (κ1) is 34.6. The minimum absolute atomic E-state index is 0.104. The van der Waals surface area contributed by atoms with Crippen LogP contribution in [-0.4, -0.2) is 47.4 Å². The number of aryl methyl sites for hydroxylation is 1. The number of alkyl halides is 3. The predicted molar refractivity (Wildman–Crippen MR) is 167 cm³/mol. The van der Waals surface area contributed by atoms with E-state index in [1.807, 2.05) is 6.92 Å². The fourth-order valence-corrected chi connectivity index (χ4v) is 8.03. The van der Waals surface area contributed by atoms with Crippen molar-refractivity contribution in [3.05, 3.63) is 46.7 Å². The van der Waals surface area contributed by atoms with Crippen molar-refractivity contribution in [2.24, 2.45) is 0 Å². The van der Waals surface area contributed by atoms with Crippen LogP contribution >= 0.6 is 11.3 Å². The van der Waals surface area contributed by atoms with E-state index in [1.54, 1.807) is 46.8 Å². The molecule has 0 bridgehead atoms. The molecular weight excluding hydrogens is 629 g/mol. The second-order valence-electron chi connectivity index (χ2n) is 12.3. The standard InChI is InChI=1S/C30H39F3N6O4S2/c1-7-19-13-15-24(38-37-19)34-21-12-14-22(23(16-21)45(41,42)39-29(4,5)6)25-26(30(31,32)33)36-27(44-25)18-8-10-20(11-9-18)35-28(40)43-17(2)3/h12-18,20,39H,7-11H2,1-6H3,(H,34,38)(H,35,40). The molecule has 0 saturated heterocycles. The molecule has 45 heavy (non-hydrogen) atoms. The van der Waals surface area contributed by atoms with Crippen LogP contribution in [0.1, 0.15) is 89.5 Å². The molecule has 1 aliphatic rings. The Morgan fingerprint density at radius 2 is 1.76 bits per heavy atom. The first-order valence-corrected chi connectivity index (χ1v) is 17.1. The van der Waals surface area contributed by atoms with Crippen molar-refractivity contribution in [1.29, 1.82) is 0 Å². The molecule has 0 spiro atoms. The monoisotopic (exact) mass is 668 g/mol. The number of nitrogens with zero attached hydrogens (tertiary/aromatic N) is 3. The zero-order chi connectivity index (χ0) is 33.2. The Bertz CT molecular complexity index is 1600. The number of amides is 1. The quantitative estimate of drug-likeness (QED) is 0.219. The van der Waals surface area contributed by atoms with E-state index in [1.165, 1.54) is 18.2 Å². The maximum Gasteiger partial charge on any atom is 0.434 e. The number of benzene rings is 1. The van der Waals surface area contributed by atoms with Crippen molar-refractivity contribution in [3.8, 4) is 10.4 Å². The van der Waals surface area contributed by atoms with Crippen LogP contribution in [0.2, 0.25) is 0 Å². The van der Waals surface area contributed by atoms with Gasteiger partial charge in [0.05, 0.1) is 26.6 Å². The normalized spacial score (nSPS) is 17.7. The minimum Gasteiger partial charge on any atom is -0.447 e. The number of hydrogen-bond acceptors (Lipinski definition) is 9. The molecule has 0 unspecified atom stereocenters. The second-order valence-corrected chi connectivity index (χ2v) is 15.0. The maximum atomic E-state index is 14.4. The molecule has 246 valence electrons. The lowest BCUT2D eigenvalue weighted by molar-refractivity contribution is -0.140. The summed E-state index contributed by atoms with van der Waals surface area (Å²) in [5.74, 6) is 0.0769. The molecule has 3 N–H and O–H groups in total. The largest absolute Gasteiger partial charge is 0.447 e. The smallest absolute Gasteiger partial charge is 0.434 e. The van der Waals surface area contributed by atoms with Gasteiger partial charge >= 0.3 is 12.3 Å². The van der Waals surface area contributed by atoms with Crippen molar-refractivity contribution < 1.29 is 31.1 Å². The Kier molecular flexibility index (Phi) is 10.4. The molecule has 10 nitrogen and oxygen atoms in total. The number of rotatable bonds is 9. The summed E-state index contributed by atoms with van der Waals surface area (Å²) < 4.78 is 78.4. The lowest BCUT2D eigenvalue weighted by atomic mass is 9.86. The highest BCUT2D eigenvalue weighted by Crippen LogP contribution is 2.46. The number of alkyl carbamates (subject to hydrolysis) is 1. The topological polar surface area (TPSA) is 135 Å². The van der Waals surface area contributed by atoms with Gasteiger partial charge in [-0.25, -0.2) is 22.9 Å². The summed E-state index contributed by atoms with van der Waals surface area (Å²) in [6, 6.07) is 7.48. The van der Waals surface area contributed by atoms with Gasteiger partial charge in [0.1, 0.15) is 0 Å². The number of anilines is 2. The number of halogens is 3. The van der Waals surface area contributed by atoms with Crippen molar-refractivity contribution in [1.82, 2.24) is 25.2 Å². The Morgan fingerprint density at radius 3 is 2.31 bits per heavy atom. The number of hydrogen-bond donors (Lipinski definition) is 3. The summed E-state index contributed by atoms with van der Waals surface area (Å²) in [5.41, 5.74) is -1.05. The van der Waals surface area contributed by atoms with Gasteiger partial charge in [0, 0.05) is 28.7 Å². The summed E-state index contributed by atoms with van der Waals surface area (Å²) in [7, 11) is -4.29. The van der Waals surface area contributed by atoms with E-state index in [2.05, 4.69) is 30.5 Å². The van der Waals surface area contributed by atoms with Gasteiger partial charge in [-0.05, 0) is 91.0 Å². The Hall–Kier alpha value is -3.30. The van der Waals surface area contributed by atoms with Crippen LogP contribution in [0, 0.1) is 0 Å². The molecule has 2 aromatic heterocycles. The Labute approximate surface area is 265 Å². The van der Waals surface area contributed by atoms with Gasteiger partial charge in [-0.3, -0.25) is 0 Å². The average Bonchev–Trinajstić information content (AvgIpc) is 3.38. The Balaban J connectivity index is 1.71. The van der Waals surface area contributed by atoms with E-state index < -0.39 is 33.5 Å². The van der Waals surface area contributed by atoms with Crippen molar-refractivity contribution in [2.45, 2.75) is 108 Å². The predicted octanol–water partition coefficient (Wildman–Crippen LogP) is 7.16. The van der Waals surface area contributed by atoms with E-state index in [9.17, 15) is 26.4 Å². The van der Waals surface area contributed by atoms with Crippen molar-refractivity contribution >= 4 is 39.0 Å². The van der Waals surface area contributed by atoms with Gasteiger partial charge in [-0.15, -0.1) is 16.4 Å². The van der Waals surface area contributed by atoms with E-state index in [-0.39, 0.29) is 38.4 Å². The summed E-state index contributed by atoms with van der Waals surface area (Å²) in [4.78, 5) is 15.5. The summed E-state index contributed by atoms with van der Waals surface area (Å²) in [5, 5.41) is 14.3. The van der Waals surface area contributed by atoms with Crippen LogP contribution in [0.15, 0.2) is 35.2 Å². The van der Waals surface area contributed by atoms with E-state index in [0.717, 1.165) is 17.0 Å². The van der Waals surface area contributed by atoms with Crippen LogP contribution in [0.3, 0.4) is 0 Å². The zero-order valence-electron chi connectivity index (χ0n) is 26.1. The molecule has 1 amide bonds. The van der Waals surface area contributed by atoms with Crippen LogP contribution in [0.5, 0.6) is 0 Å². The first-order chi connectivity index (χ1) is 20.9. The summed E-state index contributed by atoms with van der Waals surface area (Å²) in [6.45, 7) is 10.4. The average molecular weight is 669 g/mol. The number of thiazole rings is 1. The van der Waals surface area contributed by atoms with Crippen LogP contribution in [0.25, 0.3) is 10.4 Å². The molecule has 1 fully saturated rings. The zero-order valence-corrected chi connectivity index (χ0v) is 27.7. The molecule has 2 heterocycles. The van der Waals surface area contributed by atoms with Gasteiger partial charge in [-0.2, -0.15) is 18.3 Å². The third-order valence-electron chi connectivity index (χ3n) is 6.96. The molecule has 0 radical (unpaired) electrons. The molecule has 1 aliphatic carbocycles. The first-order valence-electron chi connectivity index (χ1n) is 14.8. The van der Waals surface area contributed by atoms with Gasteiger partial charge in [0.15, 0.2) is 11.5 Å². The summed E-state index contributed by atoms with van der Waals surface area (Å²) in [6.07, 6.45) is -2.82. The lowest BCUT2D eigenvalue weighted by Crippen LogP contribution is -2.40. The van der Waals surface area contributed by atoms with Gasteiger partial charge in [0.25, 0.3) is 0 Å². The molecule has 0 aliphatic heterocycles. The Morgan fingerprint density at radius 1 is 1.07 bits per heavy atom. The molecule has 1 saturated carbocycles. The van der Waals surface area contributed by atoms with E-state index in [0.29, 0.717) is 43.6 Å². The number of ether oxygens (including phenoxy) is 1. The van der Waals surface area contributed by atoms with Gasteiger partial charge < -0.3 is 15.4 Å². The molecule has 4 rings (SSSR count). The lowest BCUT2D eigenvalue weighted by Gasteiger charge is -2.28. The molecule has 3 aromatic rings. The fourth-order valence-electron chi connectivity index (χ4n) is 5.02. The highest BCUT2D eigenvalue weighted by Gasteiger charge is 2.41.